The van der Waals surface area contributed by atoms with E-state index < -0.39 is 12.1 Å². The first-order chi connectivity index (χ1) is 6.69. The van der Waals surface area contributed by atoms with Crippen molar-refractivity contribution in [2.24, 2.45) is 0 Å². The van der Waals surface area contributed by atoms with Crippen LogP contribution in [0.4, 0.5) is 0 Å². The maximum atomic E-state index is 10.9. The molecule has 0 aliphatic heterocycles. The number of aromatic nitrogens is 2. The van der Waals surface area contributed by atoms with Crippen molar-refractivity contribution in [1.29, 1.82) is 0 Å². The molecule has 0 aliphatic carbocycles. The predicted octanol–water partition coefficient (Wildman–Crippen LogP) is 0.499. The monoisotopic (exact) mass is 198 g/mol. The lowest BCUT2D eigenvalue weighted by Crippen LogP contribution is -2.11. The van der Waals surface area contributed by atoms with Gasteiger partial charge in [-0.1, -0.05) is 0 Å². The molecule has 0 radical (unpaired) electrons. The molecule has 78 valence electrons. The lowest BCUT2D eigenvalue weighted by Gasteiger charge is -2.10. The Bertz CT molecular complexity index is 309. The fourth-order valence-electron chi connectivity index (χ4n) is 1.22. The van der Waals surface area contributed by atoms with Gasteiger partial charge in [-0.25, -0.2) is 4.98 Å². The highest BCUT2D eigenvalue weighted by Crippen LogP contribution is 2.16. The van der Waals surface area contributed by atoms with Gasteiger partial charge in [0.1, 0.15) is 6.10 Å². The Morgan fingerprint density at radius 1 is 1.79 bits per heavy atom. The minimum atomic E-state index is -0.843. The number of aryl methyl sites for hydroxylation is 1. The number of hydrogen-bond donors (Lipinski definition) is 1. The summed E-state index contributed by atoms with van der Waals surface area (Å²) in [6.07, 6.45) is 2.29. The van der Waals surface area contributed by atoms with Crippen molar-refractivity contribution >= 4 is 5.97 Å². The average Bonchev–Trinajstić information content (AvgIpc) is 2.65. The molecule has 14 heavy (non-hydrogen) atoms. The second kappa shape index (κ2) is 4.76. The highest BCUT2D eigenvalue weighted by atomic mass is 16.5. The fourth-order valence-corrected chi connectivity index (χ4v) is 1.22. The van der Waals surface area contributed by atoms with Crippen LogP contribution in [0.5, 0.6) is 0 Å². The van der Waals surface area contributed by atoms with E-state index in [0.717, 1.165) is 0 Å². The van der Waals surface area contributed by atoms with E-state index in [-0.39, 0.29) is 6.42 Å². The second-order valence-electron chi connectivity index (χ2n) is 2.90. The first-order valence-corrected chi connectivity index (χ1v) is 4.44. The second-order valence-corrected chi connectivity index (χ2v) is 2.90. The summed E-state index contributed by atoms with van der Waals surface area (Å²) in [7, 11) is 1.30. The molecule has 5 heteroatoms. The fraction of sp³-hybridized carbons (Fsp3) is 0.556. The van der Waals surface area contributed by atoms with E-state index in [4.69, 9.17) is 0 Å². The van der Waals surface area contributed by atoms with Crippen molar-refractivity contribution in [3.63, 3.8) is 0 Å². The molecule has 0 saturated carbocycles. The molecule has 0 aliphatic rings. The summed E-state index contributed by atoms with van der Waals surface area (Å²) in [6.45, 7) is 2.66. The van der Waals surface area contributed by atoms with E-state index >= 15 is 0 Å². The van der Waals surface area contributed by atoms with Crippen LogP contribution in [-0.4, -0.2) is 27.7 Å². The minimum Gasteiger partial charge on any atom is -0.469 e. The smallest absolute Gasteiger partial charge is 0.308 e. The van der Waals surface area contributed by atoms with E-state index in [1.54, 1.807) is 17.1 Å². The van der Waals surface area contributed by atoms with Gasteiger partial charge in [-0.2, -0.15) is 0 Å². The summed E-state index contributed by atoms with van der Waals surface area (Å²) in [5, 5.41) is 9.66. The molecule has 5 nitrogen and oxygen atoms in total. The maximum absolute atomic E-state index is 10.9. The lowest BCUT2D eigenvalue weighted by atomic mass is 10.2. The van der Waals surface area contributed by atoms with Crippen molar-refractivity contribution in [1.82, 2.24) is 9.55 Å². The number of nitrogens with zero attached hydrogens (tertiary/aromatic N) is 2. The number of aliphatic hydroxyl groups excluding tert-OH is 1. The van der Waals surface area contributed by atoms with Gasteiger partial charge in [0.15, 0.2) is 0 Å². The Kier molecular flexibility index (Phi) is 3.64. The van der Waals surface area contributed by atoms with E-state index in [2.05, 4.69) is 9.72 Å². The van der Waals surface area contributed by atoms with Crippen molar-refractivity contribution in [2.75, 3.05) is 7.11 Å². The molecule has 1 heterocycles. The van der Waals surface area contributed by atoms with Crippen LogP contribution in [0.1, 0.15) is 25.1 Å². The van der Waals surface area contributed by atoms with Crippen LogP contribution in [0.3, 0.4) is 0 Å². The molecule has 0 aromatic carbocycles. The Labute approximate surface area is 82.3 Å². The topological polar surface area (TPSA) is 64.3 Å². The zero-order chi connectivity index (χ0) is 10.6. The van der Waals surface area contributed by atoms with E-state index in [9.17, 15) is 9.90 Å². The highest BCUT2D eigenvalue weighted by Gasteiger charge is 2.16. The standard InChI is InChI=1S/C9H14N2O3/c1-3-11-6-10-5-7(11)8(12)4-9(13)14-2/h5-6,8,12H,3-4H2,1-2H3/t8-/m0/s1. The SMILES string of the molecule is CCn1cncc1[C@@H](O)CC(=O)OC. The van der Waals surface area contributed by atoms with Gasteiger partial charge in [-0.05, 0) is 6.92 Å². The number of imidazole rings is 1. The van der Waals surface area contributed by atoms with Gasteiger partial charge in [0, 0.05) is 6.54 Å². The minimum absolute atomic E-state index is 0.0395. The lowest BCUT2D eigenvalue weighted by molar-refractivity contribution is -0.143. The van der Waals surface area contributed by atoms with E-state index in [1.165, 1.54) is 7.11 Å². The van der Waals surface area contributed by atoms with Gasteiger partial charge >= 0.3 is 5.97 Å². The number of ether oxygens (including phenoxy) is 1. The van der Waals surface area contributed by atoms with Crippen LogP contribution >= 0.6 is 0 Å². The first kappa shape index (κ1) is 10.7. The van der Waals surface area contributed by atoms with Crippen molar-refractivity contribution in [3.05, 3.63) is 18.2 Å². The van der Waals surface area contributed by atoms with Gasteiger partial charge in [-0.3, -0.25) is 4.79 Å². The van der Waals surface area contributed by atoms with Crippen molar-refractivity contribution in [3.8, 4) is 0 Å². The maximum Gasteiger partial charge on any atom is 0.308 e. The first-order valence-electron chi connectivity index (χ1n) is 4.44. The molecule has 0 amide bonds. The predicted molar refractivity (Wildman–Crippen MR) is 49.5 cm³/mol. The molecular weight excluding hydrogens is 184 g/mol. The molecule has 1 aromatic heterocycles. The number of esters is 1. The zero-order valence-electron chi connectivity index (χ0n) is 8.30. The van der Waals surface area contributed by atoms with Gasteiger partial charge in [-0.15, -0.1) is 0 Å². The molecule has 0 saturated heterocycles. The normalized spacial score (nSPS) is 12.5. The largest absolute Gasteiger partial charge is 0.469 e. The number of methoxy groups -OCH3 is 1. The summed E-state index contributed by atoms with van der Waals surface area (Å²) in [4.78, 5) is 14.8. The van der Waals surface area contributed by atoms with Crippen molar-refractivity contribution < 1.29 is 14.6 Å². The molecule has 0 fully saturated rings. The summed E-state index contributed by atoms with van der Waals surface area (Å²) in [6, 6.07) is 0. The molecule has 1 N–H and O–H groups in total. The number of rotatable bonds is 4. The Hall–Kier alpha value is -1.36. The van der Waals surface area contributed by atoms with Gasteiger partial charge in [0.25, 0.3) is 0 Å². The van der Waals surface area contributed by atoms with E-state index in [0.29, 0.717) is 12.2 Å². The number of hydrogen-bond acceptors (Lipinski definition) is 4. The average molecular weight is 198 g/mol. The van der Waals surface area contributed by atoms with Gasteiger partial charge < -0.3 is 14.4 Å². The number of carbonyl (C=O) groups excluding carboxylic acids is 1. The Morgan fingerprint density at radius 2 is 2.50 bits per heavy atom. The van der Waals surface area contributed by atoms with Gasteiger partial charge in [0.2, 0.25) is 0 Å². The third-order valence-corrected chi connectivity index (χ3v) is 2.01. The third-order valence-electron chi connectivity index (χ3n) is 2.01. The molecule has 0 unspecified atom stereocenters. The third kappa shape index (κ3) is 2.32. The molecule has 0 spiro atoms. The summed E-state index contributed by atoms with van der Waals surface area (Å²) in [5.41, 5.74) is 0.637. The van der Waals surface area contributed by atoms with E-state index in [1.807, 2.05) is 6.92 Å². The summed E-state index contributed by atoms with van der Waals surface area (Å²) in [5.74, 6) is -0.429. The number of aliphatic hydroxyl groups is 1. The summed E-state index contributed by atoms with van der Waals surface area (Å²) < 4.78 is 6.25. The molecule has 1 aromatic rings. The number of carbonyl (C=O) groups is 1. The molecular formula is C9H14N2O3. The van der Waals surface area contributed by atoms with Crippen LogP contribution in [0.25, 0.3) is 0 Å². The summed E-state index contributed by atoms with van der Waals surface area (Å²) >= 11 is 0. The quantitative estimate of drug-likeness (QED) is 0.715. The van der Waals surface area contributed by atoms with Gasteiger partial charge in [0.05, 0.1) is 31.7 Å². The van der Waals surface area contributed by atoms with Crippen LogP contribution in [0, 0.1) is 0 Å². The molecule has 1 rings (SSSR count). The van der Waals surface area contributed by atoms with Crippen LogP contribution < -0.4 is 0 Å². The zero-order valence-corrected chi connectivity index (χ0v) is 8.30. The highest BCUT2D eigenvalue weighted by molar-refractivity contribution is 5.69. The van der Waals surface area contributed by atoms with Crippen LogP contribution in [-0.2, 0) is 16.1 Å². The Balaban J connectivity index is 2.68. The molecule has 1 atom stereocenters. The van der Waals surface area contributed by atoms with Crippen LogP contribution in [0.15, 0.2) is 12.5 Å². The molecule has 0 bridgehead atoms. The van der Waals surface area contributed by atoms with Crippen LogP contribution in [0.2, 0.25) is 0 Å². The Morgan fingerprint density at radius 3 is 3.07 bits per heavy atom. The van der Waals surface area contributed by atoms with Crippen molar-refractivity contribution in [2.45, 2.75) is 26.0 Å².